The zero-order valence-electron chi connectivity index (χ0n) is 15.2. The summed E-state index contributed by atoms with van der Waals surface area (Å²) in [6.07, 6.45) is 4.83. The Bertz CT molecular complexity index is 1210. The number of amides is 2. The fourth-order valence-electron chi connectivity index (χ4n) is 2.68. The Hall–Kier alpha value is -4.52. The van der Waals surface area contributed by atoms with Gasteiger partial charge >= 0.3 is 5.97 Å². The zero-order valence-corrected chi connectivity index (χ0v) is 15.2. The van der Waals surface area contributed by atoms with Gasteiger partial charge in [0.25, 0.3) is 11.8 Å². The monoisotopic (exact) mass is 403 g/mol. The summed E-state index contributed by atoms with van der Waals surface area (Å²) in [5, 5.41) is 11.4. The first-order chi connectivity index (χ1) is 14.5. The molecular formula is C20H13N5O5. The number of carbonyl (C=O) groups is 3. The Kier molecular flexibility index (Phi) is 4.92. The van der Waals surface area contributed by atoms with Gasteiger partial charge in [0, 0.05) is 18.0 Å². The molecule has 2 amide bonds. The molecule has 0 saturated heterocycles. The topological polar surface area (TPSA) is 151 Å². The fourth-order valence-corrected chi connectivity index (χ4v) is 2.68. The van der Waals surface area contributed by atoms with Crippen LogP contribution in [0.2, 0.25) is 0 Å². The van der Waals surface area contributed by atoms with E-state index in [1.54, 1.807) is 24.5 Å². The van der Waals surface area contributed by atoms with Crippen molar-refractivity contribution in [1.29, 1.82) is 0 Å². The van der Waals surface area contributed by atoms with Crippen LogP contribution in [0.25, 0.3) is 11.3 Å². The number of carboxylic acids is 1. The second-order valence-corrected chi connectivity index (χ2v) is 6.17. The number of carboxylic acid groups (broad SMARTS) is 1. The van der Waals surface area contributed by atoms with Gasteiger partial charge in [-0.1, -0.05) is 18.1 Å². The number of rotatable bonds is 4. The van der Waals surface area contributed by atoms with E-state index in [1.165, 1.54) is 18.4 Å². The van der Waals surface area contributed by atoms with Crippen LogP contribution in [-0.4, -0.2) is 43.6 Å². The molecule has 1 aromatic carbocycles. The molecule has 1 aliphatic heterocycles. The van der Waals surface area contributed by atoms with Crippen LogP contribution in [0.1, 0.15) is 28.1 Å². The number of benzene rings is 1. The molecule has 148 valence electrons. The van der Waals surface area contributed by atoms with E-state index in [9.17, 15) is 14.4 Å². The fraction of sp³-hybridized carbons (Fsp3) is 0.100. The number of H-pyrrole nitrogens is 1. The molecule has 2 aromatic heterocycles. The molecular weight excluding hydrogens is 390 g/mol. The van der Waals surface area contributed by atoms with Crippen molar-refractivity contribution in [1.82, 2.24) is 20.3 Å². The van der Waals surface area contributed by atoms with Gasteiger partial charge in [-0.3, -0.25) is 9.59 Å². The molecule has 3 aromatic rings. The lowest BCUT2D eigenvalue weighted by molar-refractivity contribution is -0.126. The highest BCUT2D eigenvalue weighted by molar-refractivity contribution is 6.48. The highest BCUT2D eigenvalue weighted by atomic mass is 16.4. The number of aromatic carboxylic acids is 1. The average molecular weight is 403 g/mol. The van der Waals surface area contributed by atoms with E-state index in [2.05, 4.69) is 37.1 Å². The molecule has 30 heavy (non-hydrogen) atoms. The van der Waals surface area contributed by atoms with Gasteiger partial charge in [-0.25, -0.2) is 14.8 Å². The van der Waals surface area contributed by atoms with Gasteiger partial charge in [-0.05, 0) is 18.1 Å². The summed E-state index contributed by atoms with van der Waals surface area (Å²) in [7, 11) is 0. The second-order valence-electron chi connectivity index (χ2n) is 6.17. The summed E-state index contributed by atoms with van der Waals surface area (Å²) in [6.45, 7) is 0. The highest BCUT2D eigenvalue weighted by Gasteiger charge is 2.33. The van der Waals surface area contributed by atoms with Gasteiger partial charge in [0.2, 0.25) is 5.89 Å². The third-order valence-corrected chi connectivity index (χ3v) is 4.17. The van der Waals surface area contributed by atoms with Crippen molar-refractivity contribution in [2.45, 2.75) is 12.5 Å². The van der Waals surface area contributed by atoms with Crippen LogP contribution < -0.4 is 5.32 Å². The highest BCUT2D eigenvalue weighted by Crippen LogP contribution is 2.23. The van der Waals surface area contributed by atoms with Crippen molar-refractivity contribution < 1.29 is 23.9 Å². The zero-order chi connectivity index (χ0) is 21.1. The van der Waals surface area contributed by atoms with E-state index in [4.69, 9.17) is 9.52 Å². The van der Waals surface area contributed by atoms with E-state index < -0.39 is 23.8 Å². The SMILES string of the molecule is O=C1NC(c2nc(-c3ccc(C(=O)O)cc3)co2)C(=O)N=C1C#CCc1ncc[nH]1. The van der Waals surface area contributed by atoms with E-state index in [1.807, 2.05) is 0 Å². The van der Waals surface area contributed by atoms with Crippen molar-refractivity contribution in [2.75, 3.05) is 0 Å². The Morgan fingerprint density at radius 1 is 1.23 bits per heavy atom. The van der Waals surface area contributed by atoms with Gasteiger partial charge in [0.1, 0.15) is 17.8 Å². The predicted molar refractivity (Wildman–Crippen MR) is 102 cm³/mol. The molecule has 4 rings (SSSR count). The summed E-state index contributed by atoms with van der Waals surface area (Å²) in [4.78, 5) is 50.4. The van der Waals surface area contributed by atoms with Crippen molar-refractivity contribution in [3.8, 4) is 23.1 Å². The standard InChI is InChI=1S/C20H13N5O5/c26-17-13(2-1-3-15-21-8-9-22-15)23-18(27)16(25-17)19-24-14(10-30-19)11-4-6-12(7-5-11)20(28)29/h4-10,16H,3H2,(H,21,22)(H,25,26)(H,28,29). The van der Waals surface area contributed by atoms with Crippen LogP contribution in [-0.2, 0) is 16.0 Å². The number of aromatic amines is 1. The number of oxazole rings is 1. The van der Waals surface area contributed by atoms with Crippen LogP contribution in [0.5, 0.6) is 0 Å². The number of hydrogen-bond acceptors (Lipinski definition) is 6. The van der Waals surface area contributed by atoms with Gasteiger partial charge in [-0.15, -0.1) is 0 Å². The van der Waals surface area contributed by atoms with E-state index in [-0.39, 0.29) is 23.6 Å². The summed E-state index contributed by atoms with van der Waals surface area (Å²) < 4.78 is 5.34. The smallest absolute Gasteiger partial charge is 0.335 e. The minimum absolute atomic E-state index is 0.0306. The van der Waals surface area contributed by atoms with Gasteiger partial charge in [-0.2, -0.15) is 4.99 Å². The Morgan fingerprint density at radius 2 is 2.03 bits per heavy atom. The van der Waals surface area contributed by atoms with E-state index >= 15 is 0 Å². The molecule has 0 radical (unpaired) electrons. The largest absolute Gasteiger partial charge is 0.478 e. The normalized spacial score (nSPS) is 15.7. The lowest BCUT2D eigenvalue weighted by Crippen LogP contribution is -2.42. The third-order valence-electron chi connectivity index (χ3n) is 4.17. The first-order valence-electron chi connectivity index (χ1n) is 8.71. The molecule has 1 unspecified atom stereocenters. The lowest BCUT2D eigenvalue weighted by atomic mass is 10.1. The van der Waals surface area contributed by atoms with Gasteiger partial charge in [0.05, 0.1) is 12.0 Å². The van der Waals surface area contributed by atoms with Crippen molar-refractivity contribution >= 4 is 23.5 Å². The van der Waals surface area contributed by atoms with Gasteiger partial charge < -0.3 is 19.8 Å². The van der Waals surface area contributed by atoms with Crippen LogP contribution >= 0.6 is 0 Å². The molecule has 3 N–H and O–H groups in total. The van der Waals surface area contributed by atoms with E-state index in [0.717, 1.165) is 0 Å². The number of nitrogens with zero attached hydrogens (tertiary/aromatic N) is 3. The first-order valence-corrected chi connectivity index (χ1v) is 8.71. The van der Waals surface area contributed by atoms with Crippen molar-refractivity contribution in [2.24, 2.45) is 4.99 Å². The number of imidazole rings is 1. The van der Waals surface area contributed by atoms with Crippen molar-refractivity contribution in [3.63, 3.8) is 0 Å². The minimum atomic E-state index is -1.17. The maximum absolute atomic E-state index is 12.4. The minimum Gasteiger partial charge on any atom is -0.478 e. The number of nitrogens with one attached hydrogen (secondary N) is 2. The number of aliphatic imine (C=N–C) groups is 1. The first kappa shape index (κ1) is 18.8. The summed E-state index contributed by atoms with van der Waals surface area (Å²) in [5.74, 6) is 3.58. The number of carbonyl (C=O) groups excluding carboxylic acids is 2. The lowest BCUT2D eigenvalue weighted by Gasteiger charge is -2.16. The Balaban J connectivity index is 1.50. The molecule has 0 spiro atoms. The van der Waals surface area contributed by atoms with E-state index in [0.29, 0.717) is 17.1 Å². The maximum atomic E-state index is 12.4. The molecule has 3 heterocycles. The van der Waals surface area contributed by atoms with Crippen molar-refractivity contribution in [3.05, 3.63) is 60.2 Å². The van der Waals surface area contributed by atoms with Crippen LogP contribution in [0.15, 0.2) is 52.3 Å². The molecule has 1 aliphatic rings. The van der Waals surface area contributed by atoms with Crippen LogP contribution in [0, 0.1) is 11.8 Å². The number of hydrogen-bond donors (Lipinski definition) is 3. The predicted octanol–water partition coefficient (Wildman–Crippen LogP) is 1.15. The molecule has 1 atom stereocenters. The molecule has 0 fully saturated rings. The average Bonchev–Trinajstić information content (AvgIpc) is 3.42. The molecule has 0 aliphatic carbocycles. The van der Waals surface area contributed by atoms with Gasteiger partial charge in [0.15, 0.2) is 11.8 Å². The molecule has 0 saturated carbocycles. The Labute approximate surface area is 169 Å². The maximum Gasteiger partial charge on any atom is 0.335 e. The molecule has 10 nitrogen and oxygen atoms in total. The summed E-state index contributed by atoms with van der Waals surface area (Å²) in [6, 6.07) is 4.82. The molecule has 10 heteroatoms. The number of aromatic nitrogens is 3. The summed E-state index contributed by atoms with van der Waals surface area (Å²) >= 11 is 0. The quantitative estimate of drug-likeness (QED) is 0.553. The van der Waals surface area contributed by atoms with Crippen LogP contribution in [0.3, 0.4) is 0 Å². The summed E-state index contributed by atoms with van der Waals surface area (Å²) in [5.41, 5.74) is 0.917. The Morgan fingerprint density at radius 3 is 2.73 bits per heavy atom. The third kappa shape index (κ3) is 3.85. The second kappa shape index (κ2) is 7.84. The van der Waals surface area contributed by atoms with Crippen LogP contribution in [0.4, 0.5) is 0 Å². The molecule has 0 bridgehead atoms.